The summed E-state index contributed by atoms with van der Waals surface area (Å²) in [6, 6.07) is 7.33. The van der Waals surface area contributed by atoms with Crippen LogP contribution in [0.5, 0.6) is 0 Å². The summed E-state index contributed by atoms with van der Waals surface area (Å²) in [6.07, 6.45) is 0. The first-order valence-corrected chi connectivity index (χ1v) is 5.59. The zero-order chi connectivity index (χ0) is 14.7. The van der Waals surface area contributed by atoms with Gasteiger partial charge in [0.05, 0.1) is 11.3 Å². The quantitative estimate of drug-likeness (QED) is 0.687. The fraction of sp³-hybridized carbons (Fsp3) is 0.0714. The van der Waals surface area contributed by atoms with Crippen LogP contribution in [-0.2, 0) is 6.54 Å². The van der Waals surface area contributed by atoms with Crippen molar-refractivity contribution in [3.63, 3.8) is 0 Å². The molecule has 0 aliphatic heterocycles. The summed E-state index contributed by atoms with van der Waals surface area (Å²) < 4.78 is 52.2. The average molecular weight is 280 g/mol. The Balaban J connectivity index is 2.17. The van der Waals surface area contributed by atoms with Gasteiger partial charge in [0, 0.05) is 6.54 Å². The van der Waals surface area contributed by atoms with Gasteiger partial charge in [0.2, 0.25) is 0 Å². The van der Waals surface area contributed by atoms with E-state index < -0.39 is 23.3 Å². The van der Waals surface area contributed by atoms with E-state index in [9.17, 15) is 17.6 Å². The predicted molar refractivity (Wildman–Crippen MR) is 64.8 cm³/mol. The SMILES string of the molecule is N#Cc1cc(CNc2ccc(F)c(F)c2F)ccc1F. The normalized spacial score (nSPS) is 10.2. The molecule has 0 spiro atoms. The predicted octanol–water partition coefficient (Wildman–Crippen LogP) is 3.73. The van der Waals surface area contributed by atoms with E-state index in [1.54, 1.807) is 6.07 Å². The third kappa shape index (κ3) is 2.72. The first kappa shape index (κ1) is 13.9. The second kappa shape index (κ2) is 5.61. The molecule has 0 heterocycles. The Bertz CT molecular complexity index is 692. The molecule has 0 radical (unpaired) electrons. The van der Waals surface area contributed by atoms with Gasteiger partial charge in [-0.25, -0.2) is 17.6 Å². The minimum absolute atomic E-state index is 0.0386. The van der Waals surface area contributed by atoms with Crippen LogP contribution in [0.4, 0.5) is 23.2 Å². The van der Waals surface area contributed by atoms with Crippen molar-refractivity contribution < 1.29 is 17.6 Å². The van der Waals surface area contributed by atoms with E-state index in [-0.39, 0.29) is 17.8 Å². The molecular formula is C14H8F4N2. The largest absolute Gasteiger partial charge is 0.379 e. The van der Waals surface area contributed by atoms with E-state index >= 15 is 0 Å². The summed E-state index contributed by atoms with van der Waals surface area (Å²) in [4.78, 5) is 0. The summed E-state index contributed by atoms with van der Waals surface area (Å²) in [5, 5.41) is 11.2. The monoisotopic (exact) mass is 280 g/mol. The maximum Gasteiger partial charge on any atom is 0.196 e. The molecule has 6 heteroatoms. The number of rotatable bonds is 3. The summed E-state index contributed by atoms with van der Waals surface area (Å²) in [5.41, 5.74) is 0.147. The molecule has 0 bridgehead atoms. The van der Waals surface area contributed by atoms with Crippen molar-refractivity contribution in [2.45, 2.75) is 6.54 Å². The lowest BCUT2D eigenvalue weighted by molar-refractivity contribution is 0.449. The Morgan fingerprint density at radius 2 is 1.65 bits per heavy atom. The van der Waals surface area contributed by atoms with Gasteiger partial charge in [-0.3, -0.25) is 0 Å². The Morgan fingerprint density at radius 3 is 2.35 bits per heavy atom. The smallest absolute Gasteiger partial charge is 0.196 e. The number of hydrogen-bond acceptors (Lipinski definition) is 2. The van der Waals surface area contributed by atoms with Crippen LogP contribution in [0.1, 0.15) is 11.1 Å². The Morgan fingerprint density at radius 1 is 0.950 bits per heavy atom. The standard InChI is InChI=1S/C14H8F4N2/c15-10-2-1-8(5-9(10)6-19)7-20-12-4-3-11(16)13(17)14(12)18/h1-5,20H,7H2. The van der Waals surface area contributed by atoms with Gasteiger partial charge >= 0.3 is 0 Å². The van der Waals surface area contributed by atoms with Gasteiger partial charge in [-0.1, -0.05) is 6.07 Å². The van der Waals surface area contributed by atoms with Crippen LogP contribution >= 0.6 is 0 Å². The lowest BCUT2D eigenvalue weighted by Gasteiger charge is -2.09. The molecule has 0 aliphatic rings. The average Bonchev–Trinajstić information content (AvgIpc) is 2.45. The molecule has 0 fully saturated rings. The van der Waals surface area contributed by atoms with Crippen LogP contribution in [0.2, 0.25) is 0 Å². The molecule has 0 aromatic heterocycles. The third-order valence-corrected chi connectivity index (χ3v) is 2.67. The summed E-state index contributed by atoms with van der Waals surface area (Å²) in [7, 11) is 0. The topological polar surface area (TPSA) is 35.8 Å². The highest BCUT2D eigenvalue weighted by atomic mass is 19.2. The molecule has 2 nitrogen and oxygen atoms in total. The van der Waals surface area contributed by atoms with Crippen LogP contribution in [-0.4, -0.2) is 0 Å². The molecule has 1 N–H and O–H groups in total. The van der Waals surface area contributed by atoms with E-state index in [4.69, 9.17) is 5.26 Å². The van der Waals surface area contributed by atoms with Gasteiger partial charge < -0.3 is 5.32 Å². The first-order chi connectivity index (χ1) is 9.52. The first-order valence-electron chi connectivity index (χ1n) is 5.59. The number of hydrogen-bond donors (Lipinski definition) is 1. The molecule has 2 aromatic carbocycles. The number of nitrogens with one attached hydrogen (secondary N) is 1. The van der Waals surface area contributed by atoms with Crippen molar-refractivity contribution >= 4 is 5.69 Å². The second-order valence-corrected chi connectivity index (χ2v) is 4.00. The number of nitriles is 1. The Kier molecular flexibility index (Phi) is 3.89. The minimum Gasteiger partial charge on any atom is -0.379 e. The molecule has 0 unspecified atom stereocenters. The molecule has 102 valence electrons. The fourth-order valence-corrected chi connectivity index (χ4v) is 1.63. The van der Waals surface area contributed by atoms with Crippen LogP contribution in [0, 0.1) is 34.6 Å². The van der Waals surface area contributed by atoms with E-state index in [0.29, 0.717) is 5.56 Å². The molecular weight excluding hydrogens is 272 g/mol. The fourth-order valence-electron chi connectivity index (χ4n) is 1.63. The maximum atomic E-state index is 13.4. The van der Waals surface area contributed by atoms with Gasteiger partial charge in [0.15, 0.2) is 17.5 Å². The van der Waals surface area contributed by atoms with Crippen LogP contribution in [0.3, 0.4) is 0 Å². The number of anilines is 1. The Hall–Kier alpha value is -2.55. The molecule has 2 aromatic rings. The van der Waals surface area contributed by atoms with Crippen LogP contribution in [0.25, 0.3) is 0 Å². The number of nitrogens with zero attached hydrogens (tertiary/aromatic N) is 1. The van der Waals surface area contributed by atoms with Gasteiger partial charge in [0.1, 0.15) is 11.9 Å². The molecule has 20 heavy (non-hydrogen) atoms. The highest BCUT2D eigenvalue weighted by molar-refractivity contribution is 5.46. The van der Waals surface area contributed by atoms with E-state index in [1.165, 1.54) is 12.1 Å². The van der Waals surface area contributed by atoms with E-state index in [0.717, 1.165) is 18.2 Å². The van der Waals surface area contributed by atoms with Gasteiger partial charge in [-0.2, -0.15) is 5.26 Å². The number of benzene rings is 2. The van der Waals surface area contributed by atoms with Gasteiger partial charge in [0.25, 0.3) is 0 Å². The Labute approximate surface area is 112 Å². The third-order valence-electron chi connectivity index (χ3n) is 2.67. The van der Waals surface area contributed by atoms with Crippen LogP contribution < -0.4 is 5.32 Å². The van der Waals surface area contributed by atoms with Crippen molar-refractivity contribution in [2.75, 3.05) is 5.32 Å². The van der Waals surface area contributed by atoms with Crippen molar-refractivity contribution in [1.29, 1.82) is 5.26 Å². The van der Waals surface area contributed by atoms with E-state index in [2.05, 4.69) is 5.32 Å². The number of halogens is 4. The zero-order valence-electron chi connectivity index (χ0n) is 10.1. The molecule has 0 saturated carbocycles. The molecule has 0 amide bonds. The van der Waals surface area contributed by atoms with Crippen molar-refractivity contribution in [1.82, 2.24) is 0 Å². The maximum absolute atomic E-state index is 13.4. The highest BCUT2D eigenvalue weighted by Gasteiger charge is 2.13. The minimum atomic E-state index is -1.56. The van der Waals surface area contributed by atoms with Crippen molar-refractivity contribution in [3.05, 3.63) is 64.7 Å². The van der Waals surface area contributed by atoms with E-state index in [1.807, 2.05) is 0 Å². The summed E-state index contributed by atoms with van der Waals surface area (Å²) in [5.74, 6) is -4.82. The van der Waals surface area contributed by atoms with Gasteiger partial charge in [-0.15, -0.1) is 0 Å². The summed E-state index contributed by atoms with van der Waals surface area (Å²) >= 11 is 0. The zero-order valence-corrected chi connectivity index (χ0v) is 10.1. The lowest BCUT2D eigenvalue weighted by atomic mass is 10.1. The summed E-state index contributed by atoms with van der Waals surface area (Å²) in [6.45, 7) is 0.0386. The highest BCUT2D eigenvalue weighted by Crippen LogP contribution is 2.20. The molecule has 0 atom stereocenters. The van der Waals surface area contributed by atoms with Crippen molar-refractivity contribution in [2.24, 2.45) is 0 Å². The molecule has 2 rings (SSSR count). The molecule has 0 saturated heterocycles. The van der Waals surface area contributed by atoms with Gasteiger partial charge in [-0.05, 0) is 29.8 Å². The molecule has 0 aliphatic carbocycles. The second-order valence-electron chi connectivity index (χ2n) is 4.00. The lowest BCUT2D eigenvalue weighted by Crippen LogP contribution is -2.04. The van der Waals surface area contributed by atoms with Crippen LogP contribution in [0.15, 0.2) is 30.3 Å². The van der Waals surface area contributed by atoms with Crippen molar-refractivity contribution in [3.8, 4) is 6.07 Å².